The molecule has 0 radical (unpaired) electrons. The molecule has 0 aromatic carbocycles. The minimum absolute atomic E-state index is 0.0990. The first-order valence-corrected chi connectivity index (χ1v) is 9.56. The van der Waals surface area contributed by atoms with Crippen LogP contribution in [0, 0.1) is 5.92 Å². The van der Waals surface area contributed by atoms with Crippen molar-refractivity contribution in [1.29, 1.82) is 0 Å². The molecule has 1 aromatic rings. The van der Waals surface area contributed by atoms with Gasteiger partial charge in [0.25, 0.3) is 5.82 Å². The molecular formula is C15H21F3N3O2S+. The van der Waals surface area contributed by atoms with Crippen LogP contribution in [0.5, 0.6) is 0 Å². The zero-order chi connectivity index (χ0) is 17.4. The van der Waals surface area contributed by atoms with Gasteiger partial charge in [-0.2, -0.15) is 17.5 Å². The lowest BCUT2D eigenvalue weighted by molar-refractivity contribution is -0.367. The standard InChI is InChI=1S/C15H20F3N3O2S/c16-15(17,18)12-4-3-7-20(11-12)14-6-5-13(10-19-14)24(22,23)21-8-1-2-9-21/h5-6,10,12H,1-4,7-9,11H2/p+1/t12-/m1/s1. The third kappa shape index (κ3) is 3.51. The molecule has 3 heterocycles. The fourth-order valence-electron chi connectivity index (χ4n) is 3.30. The van der Waals surface area contributed by atoms with E-state index in [4.69, 9.17) is 0 Å². The molecule has 134 valence electrons. The van der Waals surface area contributed by atoms with Crippen molar-refractivity contribution in [3.8, 4) is 0 Å². The number of hydrogen-bond acceptors (Lipinski definition) is 3. The number of piperidine rings is 1. The van der Waals surface area contributed by atoms with Gasteiger partial charge in [-0.3, -0.25) is 4.90 Å². The molecule has 0 amide bonds. The van der Waals surface area contributed by atoms with Crippen molar-refractivity contribution >= 4 is 15.8 Å². The summed E-state index contributed by atoms with van der Waals surface area (Å²) in [5.41, 5.74) is 0. The highest BCUT2D eigenvalue weighted by Crippen LogP contribution is 2.34. The molecule has 24 heavy (non-hydrogen) atoms. The lowest BCUT2D eigenvalue weighted by Crippen LogP contribution is -2.43. The predicted octanol–water partition coefficient (Wildman–Crippen LogP) is 2.06. The number of nitrogens with zero attached hydrogens (tertiary/aromatic N) is 2. The average molecular weight is 364 g/mol. The Kier molecular flexibility index (Phi) is 4.74. The molecule has 1 atom stereocenters. The number of aromatic nitrogens is 1. The molecule has 0 spiro atoms. The second-order valence-corrected chi connectivity index (χ2v) is 8.29. The second kappa shape index (κ2) is 6.51. The van der Waals surface area contributed by atoms with Crippen molar-refractivity contribution in [3.63, 3.8) is 0 Å². The van der Waals surface area contributed by atoms with E-state index in [0.717, 1.165) is 12.8 Å². The molecular weight excluding hydrogens is 343 g/mol. The third-order valence-corrected chi connectivity index (χ3v) is 6.59. The van der Waals surface area contributed by atoms with Gasteiger partial charge < -0.3 is 0 Å². The molecule has 0 bridgehead atoms. The van der Waals surface area contributed by atoms with Gasteiger partial charge in [-0.25, -0.2) is 13.4 Å². The first-order valence-electron chi connectivity index (χ1n) is 8.12. The third-order valence-electron chi connectivity index (χ3n) is 4.70. The Morgan fingerprint density at radius 3 is 2.38 bits per heavy atom. The maximum absolute atomic E-state index is 12.9. The van der Waals surface area contributed by atoms with Crippen LogP contribution >= 0.6 is 0 Å². The Hall–Kier alpha value is -1.35. The summed E-state index contributed by atoms with van der Waals surface area (Å²) in [6.07, 6.45) is -0.508. The van der Waals surface area contributed by atoms with Crippen molar-refractivity contribution in [2.75, 3.05) is 31.1 Å². The van der Waals surface area contributed by atoms with E-state index in [2.05, 4.69) is 4.98 Å². The first-order chi connectivity index (χ1) is 11.3. The van der Waals surface area contributed by atoms with Crippen molar-refractivity contribution in [3.05, 3.63) is 18.3 Å². The Balaban J connectivity index is 1.75. The van der Waals surface area contributed by atoms with Gasteiger partial charge in [0.1, 0.15) is 11.1 Å². The molecule has 1 aromatic heterocycles. The van der Waals surface area contributed by atoms with E-state index in [1.165, 1.54) is 16.6 Å². The summed E-state index contributed by atoms with van der Waals surface area (Å²) in [5.74, 6) is -0.822. The van der Waals surface area contributed by atoms with Crippen molar-refractivity contribution in [1.82, 2.24) is 4.31 Å². The first kappa shape index (κ1) is 17.5. The van der Waals surface area contributed by atoms with Gasteiger partial charge in [0.2, 0.25) is 10.0 Å². The van der Waals surface area contributed by atoms with E-state index < -0.39 is 22.1 Å². The zero-order valence-corrected chi connectivity index (χ0v) is 14.0. The summed E-state index contributed by atoms with van der Waals surface area (Å²) in [4.78, 5) is 4.64. The number of hydrogen-bond donors (Lipinski definition) is 0. The summed E-state index contributed by atoms with van der Waals surface area (Å²) < 4.78 is 65.0. The van der Waals surface area contributed by atoms with Crippen molar-refractivity contribution in [2.45, 2.75) is 36.8 Å². The molecule has 2 aliphatic heterocycles. The van der Waals surface area contributed by atoms with Crippen LogP contribution in [0.1, 0.15) is 25.7 Å². The molecule has 0 aliphatic carbocycles. The summed E-state index contributed by atoms with van der Waals surface area (Å²) in [5, 5.41) is 0. The number of halogens is 3. The predicted molar refractivity (Wildman–Crippen MR) is 82.0 cm³/mol. The Labute approximate surface area is 139 Å². The Morgan fingerprint density at radius 2 is 1.79 bits per heavy atom. The van der Waals surface area contributed by atoms with Gasteiger partial charge in [-0.1, -0.05) is 0 Å². The highest BCUT2D eigenvalue weighted by Gasteiger charge is 2.44. The van der Waals surface area contributed by atoms with Gasteiger partial charge in [0.05, 0.1) is 19.0 Å². The number of alkyl halides is 3. The monoisotopic (exact) mass is 364 g/mol. The highest BCUT2D eigenvalue weighted by molar-refractivity contribution is 7.89. The Bertz CT molecular complexity index is 670. The van der Waals surface area contributed by atoms with Gasteiger partial charge >= 0.3 is 6.18 Å². The molecule has 2 fully saturated rings. The maximum atomic E-state index is 12.9. The topological polar surface area (TPSA) is 54.8 Å². The van der Waals surface area contributed by atoms with Crippen LogP contribution in [0.3, 0.4) is 0 Å². The van der Waals surface area contributed by atoms with Crippen LogP contribution in [0.2, 0.25) is 0 Å². The molecule has 1 N–H and O–H groups in total. The number of nitrogens with one attached hydrogen (secondary N) is 1. The Morgan fingerprint density at radius 1 is 1.08 bits per heavy atom. The quantitative estimate of drug-likeness (QED) is 0.825. The molecule has 2 saturated heterocycles. The van der Waals surface area contributed by atoms with Crippen molar-refractivity contribution in [2.24, 2.45) is 5.92 Å². The van der Waals surface area contributed by atoms with E-state index in [9.17, 15) is 21.6 Å². The van der Waals surface area contributed by atoms with E-state index >= 15 is 0 Å². The van der Waals surface area contributed by atoms with E-state index in [1.807, 2.05) is 0 Å². The van der Waals surface area contributed by atoms with Gasteiger partial charge in [-0.05, 0) is 31.7 Å². The summed E-state index contributed by atoms with van der Waals surface area (Å²) >= 11 is 0. The van der Waals surface area contributed by atoms with E-state index in [0.29, 0.717) is 31.9 Å². The SMILES string of the molecule is O=S(=O)(c1ccc(N2CCC[C@@H](C(F)(F)F)C2)[nH+]c1)N1CCCC1. The van der Waals surface area contributed by atoms with Crippen LogP contribution in [0.15, 0.2) is 23.2 Å². The van der Waals surface area contributed by atoms with Gasteiger partial charge in [0, 0.05) is 19.2 Å². The number of sulfonamides is 1. The number of anilines is 1. The second-order valence-electron chi connectivity index (χ2n) is 6.35. The van der Waals surface area contributed by atoms with E-state index in [1.54, 1.807) is 11.0 Å². The summed E-state index contributed by atoms with van der Waals surface area (Å²) in [6, 6.07) is 3.03. The number of H-pyrrole nitrogens is 1. The number of rotatable bonds is 3. The lowest BCUT2D eigenvalue weighted by Gasteiger charge is -2.29. The van der Waals surface area contributed by atoms with Crippen molar-refractivity contribution < 1.29 is 26.6 Å². The minimum atomic E-state index is -4.20. The van der Waals surface area contributed by atoms with Gasteiger partial charge in [0.15, 0.2) is 0 Å². The maximum Gasteiger partial charge on any atom is 0.395 e. The molecule has 5 nitrogen and oxygen atoms in total. The number of pyridine rings is 1. The molecule has 9 heteroatoms. The molecule has 0 unspecified atom stereocenters. The average Bonchev–Trinajstić information content (AvgIpc) is 3.10. The minimum Gasteiger partial charge on any atom is -0.261 e. The number of aromatic amines is 1. The van der Waals surface area contributed by atoms with Crippen LogP contribution in [-0.2, 0) is 10.0 Å². The lowest BCUT2D eigenvalue weighted by atomic mass is 9.97. The van der Waals surface area contributed by atoms with Crippen LogP contribution < -0.4 is 9.88 Å². The smallest absolute Gasteiger partial charge is 0.261 e. The molecule has 3 rings (SSSR count). The molecule has 0 saturated carbocycles. The summed E-state index contributed by atoms with van der Waals surface area (Å²) in [7, 11) is -3.52. The normalized spacial score (nSPS) is 23.6. The summed E-state index contributed by atoms with van der Waals surface area (Å²) in [6.45, 7) is 1.46. The van der Waals surface area contributed by atoms with Crippen LogP contribution in [-0.4, -0.2) is 45.1 Å². The van der Waals surface area contributed by atoms with Gasteiger partial charge in [-0.15, -0.1) is 0 Å². The van der Waals surface area contributed by atoms with Crippen LogP contribution in [0.25, 0.3) is 0 Å². The fourth-order valence-corrected chi connectivity index (χ4v) is 4.79. The zero-order valence-electron chi connectivity index (χ0n) is 13.2. The fraction of sp³-hybridized carbons (Fsp3) is 0.667. The largest absolute Gasteiger partial charge is 0.395 e. The van der Waals surface area contributed by atoms with Crippen LogP contribution in [0.4, 0.5) is 19.0 Å². The highest BCUT2D eigenvalue weighted by atomic mass is 32.2. The van der Waals surface area contributed by atoms with E-state index in [-0.39, 0.29) is 17.9 Å². The molecule has 2 aliphatic rings.